The Bertz CT molecular complexity index is 412. The fourth-order valence-corrected chi connectivity index (χ4v) is 1.27. The number of hydrogen-bond donors (Lipinski definition) is 1. The zero-order valence-corrected chi connectivity index (χ0v) is 7.72. The lowest BCUT2D eigenvalue weighted by Gasteiger charge is -2.01. The van der Waals surface area contributed by atoms with Crippen molar-refractivity contribution in [1.82, 2.24) is 9.97 Å². The van der Waals surface area contributed by atoms with Gasteiger partial charge in [0.1, 0.15) is 0 Å². The number of aromatic nitrogens is 2. The largest absolute Gasteiger partial charge is 0.325 e. The molecule has 0 unspecified atom stereocenters. The molecule has 0 fully saturated rings. The molecule has 2 aromatic rings. The Balaban J connectivity index is 2.42. The fraction of sp³-hybridized carbons (Fsp3) is 0.0909. The summed E-state index contributed by atoms with van der Waals surface area (Å²) in [5, 5.41) is 0. The van der Waals surface area contributed by atoms with Crippen molar-refractivity contribution >= 4 is 0 Å². The monoisotopic (exact) mass is 185 g/mol. The molecular formula is C11H11N3. The third-order valence-corrected chi connectivity index (χ3v) is 1.97. The summed E-state index contributed by atoms with van der Waals surface area (Å²) in [5.74, 6) is 0. The second kappa shape index (κ2) is 3.98. The number of nitrogens with two attached hydrogens (primary N) is 1. The minimum Gasteiger partial charge on any atom is -0.325 e. The quantitative estimate of drug-likeness (QED) is 0.773. The molecule has 70 valence electrons. The Labute approximate surface area is 82.6 Å². The predicted octanol–water partition coefficient (Wildman–Crippen LogP) is 1.60. The highest BCUT2D eigenvalue weighted by atomic mass is 14.8. The first-order valence-corrected chi connectivity index (χ1v) is 4.46. The Hall–Kier alpha value is -1.74. The van der Waals surface area contributed by atoms with Gasteiger partial charge in [-0.05, 0) is 24.3 Å². The Kier molecular flexibility index (Phi) is 2.51. The Morgan fingerprint density at radius 1 is 1.14 bits per heavy atom. The molecular weight excluding hydrogens is 174 g/mol. The van der Waals surface area contributed by atoms with Gasteiger partial charge in [0.15, 0.2) is 0 Å². The van der Waals surface area contributed by atoms with E-state index in [-0.39, 0.29) is 0 Å². The normalized spacial score (nSPS) is 10.1. The maximum atomic E-state index is 5.52. The van der Waals surface area contributed by atoms with E-state index in [0.717, 1.165) is 17.0 Å². The van der Waals surface area contributed by atoms with E-state index in [1.165, 1.54) is 0 Å². The van der Waals surface area contributed by atoms with Crippen LogP contribution in [0.4, 0.5) is 0 Å². The SMILES string of the molecule is NCc1cccc(-c2cccnc2)n1. The van der Waals surface area contributed by atoms with Crippen molar-refractivity contribution in [3.05, 3.63) is 48.4 Å². The smallest absolute Gasteiger partial charge is 0.0721 e. The van der Waals surface area contributed by atoms with Crippen molar-refractivity contribution < 1.29 is 0 Å². The van der Waals surface area contributed by atoms with Gasteiger partial charge in [0.2, 0.25) is 0 Å². The maximum absolute atomic E-state index is 5.52. The molecule has 2 rings (SSSR count). The van der Waals surface area contributed by atoms with Gasteiger partial charge in [-0.1, -0.05) is 6.07 Å². The third kappa shape index (κ3) is 1.78. The summed E-state index contributed by atoms with van der Waals surface area (Å²) in [4.78, 5) is 8.44. The number of rotatable bonds is 2. The lowest BCUT2D eigenvalue weighted by molar-refractivity contribution is 0.993. The summed E-state index contributed by atoms with van der Waals surface area (Å²) < 4.78 is 0. The zero-order valence-electron chi connectivity index (χ0n) is 7.72. The molecule has 3 heteroatoms. The summed E-state index contributed by atoms with van der Waals surface area (Å²) in [6.07, 6.45) is 3.54. The lowest BCUT2D eigenvalue weighted by atomic mass is 10.2. The zero-order chi connectivity index (χ0) is 9.80. The molecule has 0 spiro atoms. The number of nitrogens with zero attached hydrogens (tertiary/aromatic N) is 2. The molecule has 0 amide bonds. The van der Waals surface area contributed by atoms with E-state index >= 15 is 0 Å². The first-order chi connectivity index (χ1) is 6.90. The topological polar surface area (TPSA) is 51.8 Å². The van der Waals surface area contributed by atoms with E-state index in [0.29, 0.717) is 6.54 Å². The van der Waals surface area contributed by atoms with Crippen LogP contribution < -0.4 is 5.73 Å². The lowest BCUT2D eigenvalue weighted by Crippen LogP contribution is -1.99. The summed E-state index contributed by atoms with van der Waals surface area (Å²) >= 11 is 0. The van der Waals surface area contributed by atoms with Gasteiger partial charge in [-0.3, -0.25) is 9.97 Å². The highest BCUT2D eigenvalue weighted by Crippen LogP contribution is 2.14. The van der Waals surface area contributed by atoms with Crippen molar-refractivity contribution in [2.45, 2.75) is 6.54 Å². The fourth-order valence-electron chi connectivity index (χ4n) is 1.27. The van der Waals surface area contributed by atoms with Crippen LogP contribution in [0.15, 0.2) is 42.7 Å². The van der Waals surface area contributed by atoms with E-state index in [2.05, 4.69) is 9.97 Å². The average Bonchev–Trinajstić information content (AvgIpc) is 2.30. The molecule has 0 radical (unpaired) electrons. The van der Waals surface area contributed by atoms with Crippen molar-refractivity contribution in [1.29, 1.82) is 0 Å². The van der Waals surface area contributed by atoms with Crippen molar-refractivity contribution in [2.75, 3.05) is 0 Å². The van der Waals surface area contributed by atoms with E-state index in [4.69, 9.17) is 5.73 Å². The molecule has 0 aliphatic carbocycles. The van der Waals surface area contributed by atoms with Gasteiger partial charge in [-0.2, -0.15) is 0 Å². The van der Waals surface area contributed by atoms with Gasteiger partial charge in [-0.25, -0.2) is 0 Å². The molecule has 2 heterocycles. The second-order valence-corrected chi connectivity index (χ2v) is 2.96. The van der Waals surface area contributed by atoms with E-state index < -0.39 is 0 Å². The van der Waals surface area contributed by atoms with Gasteiger partial charge in [0.05, 0.1) is 11.4 Å². The molecule has 0 aromatic carbocycles. The van der Waals surface area contributed by atoms with Crippen LogP contribution in [-0.2, 0) is 6.54 Å². The molecule has 0 atom stereocenters. The molecule has 2 aromatic heterocycles. The molecule has 0 bridgehead atoms. The van der Waals surface area contributed by atoms with Gasteiger partial charge in [0.25, 0.3) is 0 Å². The predicted molar refractivity (Wildman–Crippen MR) is 55.4 cm³/mol. The van der Waals surface area contributed by atoms with Crippen LogP contribution in [0, 0.1) is 0 Å². The molecule has 2 N–H and O–H groups in total. The van der Waals surface area contributed by atoms with Crippen LogP contribution in [0.3, 0.4) is 0 Å². The van der Waals surface area contributed by atoms with Crippen LogP contribution >= 0.6 is 0 Å². The molecule has 3 nitrogen and oxygen atoms in total. The van der Waals surface area contributed by atoms with E-state index in [1.54, 1.807) is 12.4 Å². The molecule has 14 heavy (non-hydrogen) atoms. The molecule has 0 saturated heterocycles. The highest BCUT2D eigenvalue weighted by Gasteiger charge is 1.98. The summed E-state index contributed by atoms with van der Waals surface area (Å²) in [6.45, 7) is 0.466. The summed E-state index contributed by atoms with van der Waals surface area (Å²) in [5.41, 5.74) is 8.35. The summed E-state index contributed by atoms with van der Waals surface area (Å²) in [7, 11) is 0. The van der Waals surface area contributed by atoms with Crippen molar-refractivity contribution in [2.24, 2.45) is 5.73 Å². The van der Waals surface area contributed by atoms with Gasteiger partial charge in [-0.15, -0.1) is 0 Å². The van der Waals surface area contributed by atoms with Gasteiger partial charge in [0, 0.05) is 24.5 Å². The highest BCUT2D eigenvalue weighted by molar-refractivity contribution is 5.57. The van der Waals surface area contributed by atoms with Gasteiger partial charge >= 0.3 is 0 Å². The molecule has 0 aliphatic heterocycles. The van der Waals surface area contributed by atoms with E-state index in [9.17, 15) is 0 Å². The van der Waals surface area contributed by atoms with Gasteiger partial charge < -0.3 is 5.73 Å². The van der Waals surface area contributed by atoms with Crippen LogP contribution in [0.5, 0.6) is 0 Å². The first kappa shape index (κ1) is 8.84. The number of hydrogen-bond acceptors (Lipinski definition) is 3. The van der Waals surface area contributed by atoms with Crippen LogP contribution in [0.25, 0.3) is 11.3 Å². The maximum Gasteiger partial charge on any atom is 0.0721 e. The Morgan fingerprint density at radius 2 is 2.07 bits per heavy atom. The van der Waals surface area contributed by atoms with Crippen molar-refractivity contribution in [3.63, 3.8) is 0 Å². The minimum absolute atomic E-state index is 0.466. The van der Waals surface area contributed by atoms with Crippen LogP contribution in [0.2, 0.25) is 0 Å². The van der Waals surface area contributed by atoms with Crippen LogP contribution in [-0.4, -0.2) is 9.97 Å². The molecule has 0 saturated carbocycles. The summed E-state index contributed by atoms with van der Waals surface area (Å²) in [6, 6.07) is 9.70. The first-order valence-electron chi connectivity index (χ1n) is 4.46. The van der Waals surface area contributed by atoms with Crippen molar-refractivity contribution in [3.8, 4) is 11.3 Å². The number of pyridine rings is 2. The average molecular weight is 185 g/mol. The minimum atomic E-state index is 0.466. The Morgan fingerprint density at radius 3 is 2.79 bits per heavy atom. The van der Waals surface area contributed by atoms with Crippen LogP contribution in [0.1, 0.15) is 5.69 Å². The standard InChI is InChI=1S/C11H11N3/c12-7-10-4-1-5-11(14-10)9-3-2-6-13-8-9/h1-6,8H,7,12H2. The van der Waals surface area contributed by atoms with E-state index in [1.807, 2.05) is 30.3 Å². The second-order valence-electron chi connectivity index (χ2n) is 2.96. The third-order valence-electron chi connectivity index (χ3n) is 1.97. The molecule has 0 aliphatic rings.